The molecule has 1 aromatic carbocycles. The van der Waals surface area contributed by atoms with Crippen molar-refractivity contribution in [3.8, 4) is 0 Å². The molecule has 1 aromatic rings. The van der Waals surface area contributed by atoms with Crippen LogP contribution in [-0.4, -0.2) is 35.9 Å². The number of thioether (sulfide) groups is 1. The van der Waals surface area contributed by atoms with E-state index in [1.54, 1.807) is 24.9 Å². The SMILES string of the molecule is CSCC[C@H](N)C(=O)N(C)Cc1ccc(Cl)c(F)c1.Cl. The number of hydrogen-bond donors (Lipinski definition) is 1. The minimum Gasteiger partial charge on any atom is -0.340 e. The Hall–Kier alpha value is -0.490. The molecule has 0 aliphatic carbocycles. The van der Waals surface area contributed by atoms with Crippen molar-refractivity contribution in [2.45, 2.75) is 19.0 Å². The molecule has 0 heterocycles. The molecule has 0 bridgehead atoms. The molecular weight excluding hydrogens is 322 g/mol. The molecule has 114 valence electrons. The Bertz CT molecular complexity index is 448. The molecular formula is C13H19Cl2FN2OS. The molecule has 3 nitrogen and oxygen atoms in total. The van der Waals surface area contributed by atoms with Crippen molar-refractivity contribution in [2.24, 2.45) is 5.73 Å². The fraction of sp³-hybridized carbons (Fsp3) is 0.462. The van der Waals surface area contributed by atoms with Crippen LogP contribution in [0, 0.1) is 5.82 Å². The first-order valence-corrected chi connectivity index (χ1v) is 7.66. The fourth-order valence-corrected chi connectivity index (χ4v) is 2.25. The van der Waals surface area contributed by atoms with E-state index >= 15 is 0 Å². The number of amides is 1. The number of nitrogens with zero attached hydrogens (tertiary/aromatic N) is 1. The van der Waals surface area contributed by atoms with Gasteiger partial charge in [0.1, 0.15) is 5.82 Å². The Balaban J connectivity index is 0.00000361. The van der Waals surface area contributed by atoms with Crippen LogP contribution in [0.2, 0.25) is 5.02 Å². The van der Waals surface area contributed by atoms with Crippen molar-refractivity contribution in [3.63, 3.8) is 0 Å². The highest BCUT2D eigenvalue weighted by molar-refractivity contribution is 7.98. The minimum atomic E-state index is -0.505. The van der Waals surface area contributed by atoms with E-state index in [1.807, 2.05) is 6.26 Å². The normalized spacial score (nSPS) is 11.7. The summed E-state index contributed by atoms with van der Waals surface area (Å²) in [6.45, 7) is 0.319. The van der Waals surface area contributed by atoms with Crippen molar-refractivity contribution in [3.05, 3.63) is 34.6 Å². The lowest BCUT2D eigenvalue weighted by molar-refractivity contribution is -0.131. The van der Waals surface area contributed by atoms with Crippen molar-refractivity contribution < 1.29 is 9.18 Å². The second-order valence-corrected chi connectivity index (χ2v) is 5.72. The molecule has 20 heavy (non-hydrogen) atoms. The largest absolute Gasteiger partial charge is 0.340 e. The summed E-state index contributed by atoms with van der Waals surface area (Å²) in [4.78, 5) is 13.5. The minimum absolute atomic E-state index is 0. The van der Waals surface area contributed by atoms with Crippen LogP contribution in [0.4, 0.5) is 4.39 Å². The fourth-order valence-electron chi connectivity index (χ4n) is 1.64. The van der Waals surface area contributed by atoms with Crippen LogP contribution in [-0.2, 0) is 11.3 Å². The van der Waals surface area contributed by atoms with Gasteiger partial charge in [0.15, 0.2) is 0 Å². The second-order valence-electron chi connectivity index (χ2n) is 4.33. The zero-order valence-electron chi connectivity index (χ0n) is 11.4. The predicted octanol–water partition coefficient (Wildman–Crippen LogP) is 2.94. The Morgan fingerprint density at radius 3 is 2.75 bits per heavy atom. The maximum atomic E-state index is 13.3. The summed E-state index contributed by atoms with van der Waals surface area (Å²) < 4.78 is 13.3. The maximum absolute atomic E-state index is 13.3. The van der Waals surface area contributed by atoms with Crippen molar-refractivity contribution in [2.75, 3.05) is 19.1 Å². The molecule has 0 radical (unpaired) electrons. The lowest BCUT2D eigenvalue weighted by atomic mass is 10.1. The predicted molar refractivity (Wildman–Crippen MR) is 86.1 cm³/mol. The topological polar surface area (TPSA) is 46.3 Å². The summed E-state index contributed by atoms with van der Waals surface area (Å²) in [7, 11) is 1.66. The zero-order valence-corrected chi connectivity index (χ0v) is 13.8. The van der Waals surface area contributed by atoms with Gasteiger partial charge in [0.05, 0.1) is 11.1 Å². The van der Waals surface area contributed by atoms with E-state index in [4.69, 9.17) is 17.3 Å². The molecule has 1 amide bonds. The average molecular weight is 341 g/mol. The smallest absolute Gasteiger partial charge is 0.239 e. The van der Waals surface area contributed by atoms with Crippen LogP contribution in [0.3, 0.4) is 0 Å². The van der Waals surface area contributed by atoms with Gasteiger partial charge in [-0.1, -0.05) is 17.7 Å². The van der Waals surface area contributed by atoms with E-state index in [0.717, 1.165) is 5.75 Å². The quantitative estimate of drug-likeness (QED) is 0.865. The lowest BCUT2D eigenvalue weighted by Gasteiger charge is -2.21. The van der Waals surface area contributed by atoms with Gasteiger partial charge in [-0.05, 0) is 36.1 Å². The summed E-state index contributed by atoms with van der Waals surface area (Å²) in [6, 6.07) is 4.01. The van der Waals surface area contributed by atoms with Gasteiger partial charge in [-0.25, -0.2) is 4.39 Å². The summed E-state index contributed by atoms with van der Waals surface area (Å²) >= 11 is 7.26. The van der Waals surface area contributed by atoms with Gasteiger partial charge < -0.3 is 10.6 Å². The third-order valence-corrected chi connectivity index (χ3v) is 3.68. The maximum Gasteiger partial charge on any atom is 0.239 e. The van der Waals surface area contributed by atoms with Gasteiger partial charge in [0.2, 0.25) is 5.91 Å². The Morgan fingerprint density at radius 1 is 1.55 bits per heavy atom. The number of halogens is 3. The number of nitrogens with two attached hydrogens (primary N) is 1. The molecule has 2 N–H and O–H groups in total. The molecule has 0 spiro atoms. The van der Waals surface area contributed by atoms with Crippen molar-refractivity contribution >= 4 is 41.7 Å². The monoisotopic (exact) mass is 340 g/mol. The van der Waals surface area contributed by atoms with Crippen LogP contribution in [0.5, 0.6) is 0 Å². The zero-order chi connectivity index (χ0) is 14.4. The van der Waals surface area contributed by atoms with Crippen LogP contribution in [0.25, 0.3) is 0 Å². The molecule has 0 saturated carbocycles. The number of rotatable bonds is 6. The van der Waals surface area contributed by atoms with E-state index in [9.17, 15) is 9.18 Å². The molecule has 0 aromatic heterocycles. The highest BCUT2D eigenvalue weighted by atomic mass is 35.5. The average Bonchev–Trinajstić information content (AvgIpc) is 2.39. The highest BCUT2D eigenvalue weighted by Gasteiger charge is 2.17. The van der Waals surface area contributed by atoms with E-state index < -0.39 is 11.9 Å². The number of likely N-dealkylation sites (N-methyl/N-ethyl adjacent to an activating group) is 1. The molecule has 0 fully saturated rings. The van der Waals surface area contributed by atoms with Crippen molar-refractivity contribution in [1.82, 2.24) is 4.90 Å². The number of carbonyl (C=O) groups excluding carboxylic acids is 1. The Kier molecular flexibility index (Phi) is 9.22. The van der Waals surface area contributed by atoms with Crippen LogP contribution < -0.4 is 5.73 Å². The van der Waals surface area contributed by atoms with Crippen molar-refractivity contribution in [1.29, 1.82) is 0 Å². The van der Waals surface area contributed by atoms with Gasteiger partial charge in [-0.3, -0.25) is 4.79 Å². The van der Waals surface area contributed by atoms with E-state index in [2.05, 4.69) is 0 Å². The second kappa shape index (κ2) is 9.45. The number of carbonyl (C=O) groups is 1. The molecule has 1 rings (SSSR count). The third-order valence-electron chi connectivity index (χ3n) is 2.73. The highest BCUT2D eigenvalue weighted by Crippen LogP contribution is 2.16. The van der Waals surface area contributed by atoms with Gasteiger partial charge in [-0.15, -0.1) is 12.4 Å². The van der Waals surface area contributed by atoms with Gasteiger partial charge in [-0.2, -0.15) is 11.8 Å². The first-order chi connectivity index (χ1) is 8.95. The molecule has 7 heteroatoms. The van der Waals surface area contributed by atoms with E-state index in [-0.39, 0.29) is 23.3 Å². The standard InChI is InChI=1S/C13H18ClFN2OS.ClH/c1-17(13(18)12(16)5-6-19-2)8-9-3-4-10(14)11(15)7-9;/h3-4,7,12H,5-6,8,16H2,1-2H3;1H/t12-;/m0./s1. The molecule has 0 aliphatic heterocycles. The van der Waals surface area contributed by atoms with Gasteiger partial charge in [0, 0.05) is 13.6 Å². The van der Waals surface area contributed by atoms with E-state index in [1.165, 1.54) is 17.0 Å². The summed E-state index contributed by atoms with van der Waals surface area (Å²) in [5.41, 5.74) is 6.50. The van der Waals surface area contributed by atoms with Crippen LogP contribution in [0.1, 0.15) is 12.0 Å². The molecule has 0 saturated heterocycles. The summed E-state index contributed by atoms with van der Waals surface area (Å²) in [6.07, 6.45) is 2.61. The van der Waals surface area contributed by atoms with Crippen LogP contribution in [0.15, 0.2) is 18.2 Å². The molecule has 0 unspecified atom stereocenters. The Morgan fingerprint density at radius 2 is 2.20 bits per heavy atom. The van der Waals surface area contributed by atoms with E-state index in [0.29, 0.717) is 18.5 Å². The van der Waals surface area contributed by atoms with Gasteiger partial charge >= 0.3 is 0 Å². The molecule has 1 atom stereocenters. The summed E-state index contributed by atoms with van der Waals surface area (Å²) in [5.74, 6) is 0.229. The first-order valence-electron chi connectivity index (χ1n) is 5.89. The third kappa shape index (κ3) is 5.87. The van der Waals surface area contributed by atoms with Crippen LogP contribution >= 0.6 is 35.8 Å². The number of hydrogen-bond acceptors (Lipinski definition) is 3. The summed E-state index contributed by atoms with van der Waals surface area (Å²) in [5, 5.41) is 0.0781. The first kappa shape index (κ1) is 19.5. The number of benzene rings is 1. The molecule has 0 aliphatic rings. The lowest BCUT2D eigenvalue weighted by Crippen LogP contribution is -2.41. The van der Waals surface area contributed by atoms with Gasteiger partial charge in [0.25, 0.3) is 0 Å². The Labute approximate surface area is 134 Å².